The molecule has 0 aliphatic rings. The van der Waals surface area contributed by atoms with Gasteiger partial charge in [0.05, 0.1) is 29.4 Å². The minimum atomic E-state index is -4.45. The number of halogens is 3. The van der Waals surface area contributed by atoms with Crippen LogP contribution in [0.3, 0.4) is 0 Å². The molecule has 0 bridgehead atoms. The molecule has 1 heterocycles. The maximum atomic E-state index is 13.1. The maximum absolute atomic E-state index is 13.1. The van der Waals surface area contributed by atoms with Crippen molar-refractivity contribution in [2.75, 3.05) is 7.11 Å². The third kappa shape index (κ3) is 4.26. The maximum Gasteiger partial charge on any atom is 0.416 e. The van der Waals surface area contributed by atoms with Crippen LogP contribution >= 0.6 is 0 Å². The fraction of sp³-hybridized carbons (Fsp3) is 0.125. The predicted octanol–water partition coefficient (Wildman–Crippen LogP) is 6.75. The zero-order valence-corrected chi connectivity index (χ0v) is 16.9. The normalized spacial score (nSPS) is 11.9. The van der Waals surface area contributed by atoms with Crippen LogP contribution < -0.4 is 9.47 Å². The number of rotatable bonds is 5. The number of hydrogen-bond donors (Lipinski definition) is 0. The number of ether oxygens (including phenoxy) is 2. The summed E-state index contributed by atoms with van der Waals surface area (Å²) in [4.78, 5) is 4.52. The molecule has 0 fully saturated rings. The highest BCUT2D eigenvalue weighted by molar-refractivity contribution is 6.03. The van der Waals surface area contributed by atoms with E-state index in [1.54, 1.807) is 37.1 Å². The lowest BCUT2D eigenvalue weighted by molar-refractivity contribution is -0.137. The first-order valence-electron chi connectivity index (χ1n) is 9.47. The van der Waals surface area contributed by atoms with Gasteiger partial charge < -0.3 is 14.0 Å². The Morgan fingerprint density at radius 1 is 0.903 bits per heavy atom. The Hall–Kier alpha value is -3.74. The second kappa shape index (κ2) is 8.18. The van der Waals surface area contributed by atoms with Crippen molar-refractivity contribution in [2.45, 2.75) is 6.18 Å². The molecule has 31 heavy (non-hydrogen) atoms. The van der Waals surface area contributed by atoms with Crippen LogP contribution in [0.25, 0.3) is 10.9 Å². The van der Waals surface area contributed by atoms with Gasteiger partial charge in [0.25, 0.3) is 0 Å². The average molecular weight is 424 g/mol. The zero-order chi connectivity index (χ0) is 22.0. The van der Waals surface area contributed by atoms with Gasteiger partial charge in [-0.05, 0) is 48.5 Å². The third-order valence-corrected chi connectivity index (χ3v) is 4.88. The van der Waals surface area contributed by atoms with E-state index >= 15 is 0 Å². The van der Waals surface area contributed by atoms with Gasteiger partial charge in [-0.3, -0.25) is 4.99 Å². The van der Waals surface area contributed by atoms with Crippen LogP contribution in [0, 0.1) is 0 Å². The molecule has 7 heteroatoms. The van der Waals surface area contributed by atoms with Crippen LogP contribution in [0.2, 0.25) is 0 Å². The van der Waals surface area contributed by atoms with Crippen molar-refractivity contribution >= 4 is 22.8 Å². The van der Waals surface area contributed by atoms with Crippen LogP contribution in [-0.4, -0.2) is 17.9 Å². The van der Waals surface area contributed by atoms with E-state index in [2.05, 4.69) is 4.99 Å². The lowest BCUT2D eigenvalue weighted by Gasteiger charge is -2.11. The van der Waals surface area contributed by atoms with Crippen molar-refractivity contribution in [2.24, 2.45) is 12.0 Å². The second-order valence-corrected chi connectivity index (χ2v) is 6.88. The summed E-state index contributed by atoms with van der Waals surface area (Å²) in [6.07, 6.45) is -2.79. The van der Waals surface area contributed by atoms with Gasteiger partial charge in [-0.2, -0.15) is 13.2 Å². The Morgan fingerprint density at radius 2 is 1.65 bits per heavy atom. The third-order valence-electron chi connectivity index (χ3n) is 4.88. The molecule has 0 unspecified atom stereocenters. The first-order chi connectivity index (χ1) is 14.9. The molecule has 0 saturated carbocycles. The Balaban J connectivity index is 1.76. The number of fused-ring (bicyclic) bond motifs is 1. The predicted molar refractivity (Wildman–Crippen MR) is 115 cm³/mol. The van der Waals surface area contributed by atoms with Gasteiger partial charge in [0.15, 0.2) is 0 Å². The molecule has 0 saturated heterocycles. The van der Waals surface area contributed by atoms with Crippen LogP contribution in [0.5, 0.6) is 17.4 Å². The van der Waals surface area contributed by atoms with Crippen molar-refractivity contribution in [3.8, 4) is 17.4 Å². The number of methoxy groups -OCH3 is 1. The van der Waals surface area contributed by atoms with Crippen molar-refractivity contribution in [3.63, 3.8) is 0 Å². The van der Waals surface area contributed by atoms with E-state index in [1.807, 2.05) is 36.4 Å². The van der Waals surface area contributed by atoms with Gasteiger partial charge in [0.1, 0.15) is 11.5 Å². The van der Waals surface area contributed by atoms with Gasteiger partial charge >= 0.3 is 6.18 Å². The average Bonchev–Trinajstić information content (AvgIpc) is 3.03. The van der Waals surface area contributed by atoms with Crippen LogP contribution in [-0.2, 0) is 13.2 Å². The molecule has 4 nitrogen and oxygen atoms in total. The van der Waals surface area contributed by atoms with E-state index in [-0.39, 0.29) is 5.75 Å². The minimum Gasteiger partial charge on any atom is -0.497 e. The number of para-hydroxylation sites is 1. The molecule has 0 radical (unpaired) electrons. The molecule has 4 aromatic rings. The highest BCUT2D eigenvalue weighted by atomic mass is 19.4. The highest BCUT2D eigenvalue weighted by Gasteiger charge is 2.30. The van der Waals surface area contributed by atoms with E-state index < -0.39 is 11.7 Å². The quantitative estimate of drug-likeness (QED) is 0.332. The zero-order valence-electron chi connectivity index (χ0n) is 16.9. The van der Waals surface area contributed by atoms with Crippen molar-refractivity contribution in [3.05, 3.63) is 83.9 Å². The fourth-order valence-electron chi connectivity index (χ4n) is 3.30. The van der Waals surface area contributed by atoms with E-state index in [0.29, 0.717) is 17.1 Å². The van der Waals surface area contributed by atoms with E-state index in [1.165, 1.54) is 12.1 Å². The molecule has 0 spiro atoms. The van der Waals surface area contributed by atoms with Gasteiger partial charge in [0, 0.05) is 18.6 Å². The van der Waals surface area contributed by atoms with Gasteiger partial charge in [-0.1, -0.05) is 24.3 Å². The smallest absolute Gasteiger partial charge is 0.416 e. The van der Waals surface area contributed by atoms with E-state index in [4.69, 9.17) is 9.47 Å². The van der Waals surface area contributed by atoms with E-state index in [0.717, 1.165) is 28.8 Å². The molecular weight excluding hydrogens is 405 g/mol. The van der Waals surface area contributed by atoms with E-state index in [9.17, 15) is 13.2 Å². The Morgan fingerprint density at radius 3 is 2.35 bits per heavy atom. The SMILES string of the molecule is COc1ccc(N=Cc2c(Oc3cccc(C(F)(F)F)c3)n(C)c3ccccc23)cc1. The van der Waals surface area contributed by atoms with Crippen molar-refractivity contribution in [1.29, 1.82) is 0 Å². The molecule has 0 amide bonds. The van der Waals surface area contributed by atoms with Gasteiger partial charge in [0.2, 0.25) is 5.88 Å². The summed E-state index contributed by atoms with van der Waals surface area (Å²) in [6, 6.07) is 19.7. The molecule has 158 valence electrons. The standard InChI is InChI=1S/C24H19F3N2O2/c1-29-22-9-4-3-8-20(22)21(15-28-17-10-12-18(30-2)13-11-17)23(29)31-19-7-5-6-16(14-19)24(25,26)27/h3-15H,1-2H3. The molecule has 0 aliphatic heterocycles. The molecular formula is C24H19F3N2O2. The molecule has 0 aliphatic carbocycles. The Labute approximate surface area is 177 Å². The molecule has 3 aromatic carbocycles. The number of aryl methyl sites for hydroxylation is 1. The number of benzene rings is 3. The summed E-state index contributed by atoms with van der Waals surface area (Å²) in [7, 11) is 3.39. The van der Waals surface area contributed by atoms with Crippen molar-refractivity contribution in [1.82, 2.24) is 4.57 Å². The topological polar surface area (TPSA) is 35.8 Å². The molecule has 0 N–H and O–H groups in total. The number of nitrogens with zero attached hydrogens (tertiary/aromatic N) is 2. The number of hydrogen-bond acceptors (Lipinski definition) is 3. The summed E-state index contributed by atoms with van der Waals surface area (Å²) < 4.78 is 52.2. The Kier molecular flexibility index (Phi) is 5.42. The van der Waals surface area contributed by atoms with Gasteiger partial charge in [-0.25, -0.2) is 0 Å². The monoisotopic (exact) mass is 424 g/mol. The lowest BCUT2D eigenvalue weighted by Crippen LogP contribution is -2.05. The second-order valence-electron chi connectivity index (χ2n) is 6.88. The Bertz CT molecular complexity index is 1240. The van der Waals surface area contributed by atoms with Gasteiger partial charge in [-0.15, -0.1) is 0 Å². The molecule has 4 rings (SSSR count). The summed E-state index contributed by atoms with van der Waals surface area (Å²) in [5, 5.41) is 0.879. The summed E-state index contributed by atoms with van der Waals surface area (Å²) >= 11 is 0. The summed E-state index contributed by atoms with van der Waals surface area (Å²) in [5.41, 5.74) is 1.49. The molecule has 0 atom stereocenters. The number of aromatic nitrogens is 1. The van der Waals surface area contributed by atoms with Crippen LogP contribution in [0.4, 0.5) is 18.9 Å². The largest absolute Gasteiger partial charge is 0.497 e. The molecule has 1 aromatic heterocycles. The summed E-state index contributed by atoms with van der Waals surface area (Å²) in [5.74, 6) is 1.22. The number of alkyl halides is 3. The first kappa shape index (κ1) is 20.5. The summed E-state index contributed by atoms with van der Waals surface area (Å²) in [6.45, 7) is 0. The fourth-order valence-corrected chi connectivity index (χ4v) is 3.30. The highest BCUT2D eigenvalue weighted by Crippen LogP contribution is 2.36. The lowest BCUT2D eigenvalue weighted by atomic mass is 10.2. The van der Waals surface area contributed by atoms with Crippen molar-refractivity contribution < 1.29 is 22.6 Å². The van der Waals surface area contributed by atoms with Crippen LogP contribution in [0.15, 0.2) is 77.8 Å². The number of aliphatic imine (C=N–C) groups is 1. The van der Waals surface area contributed by atoms with Crippen LogP contribution in [0.1, 0.15) is 11.1 Å². The minimum absolute atomic E-state index is 0.0971. The first-order valence-corrected chi connectivity index (χ1v) is 9.47.